The molecule has 3 N–H and O–H groups in total. The first-order chi connectivity index (χ1) is 15.0. The van der Waals surface area contributed by atoms with Gasteiger partial charge in [-0.05, 0) is 38.5 Å². The van der Waals surface area contributed by atoms with Gasteiger partial charge in [-0.25, -0.2) is 4.98 Å². The van der Waals surface area contributed by atoms with Crippen LogP contribution in [-0.2, 0) is 6.54 Å². The first-order valence-electron chi connectivity index (χ1n) is 10.4. The number of nitrogens with one attached hydrogen (secondary N) is 2. The number of benzene rings is 1. The van der Waals surface area contributed by atoms with E-state index in [9.17, 15) is 5.11 Å². The smallest absolute Gasteiger partial charge is 0.227 e. The molecule has 0 saturated carbocycles. The molecule has 0 radical (unpaired) electrons. The standard InChI is InChI=1S/C23H27N7O/c1-15(2)30-14-26-20-21(28-23(29-22(20)30)27-16(3)13-31)25-12-17-7-9-18(10-8-17)19-6-4-5-11-24-19/h4-11,14-16,31H,12-13H2,1-3H3,(H2,25,27,28,29). The van der Waals surface area contributed by atoms with Crippen molar-refractivity contribution in [2.75, 3.05) is 17.2 Å². The summed E-state index contributed by atoms with van der Waals surface area (Å²) < 4.78 is 2.01. The Morgan fingerprint density at radius 2 is 1.81 bits per heavy atom. The van der Waals surface area contributed by atoms with Crippen molar-refractivity contribution in [2.24, 2.45) is 0 Å². The highest BCUT2D eigenvalue weighted by Crippen LogP contribution is 2.24. The number of aliphatic hydroxyl groups is 1. The van der Waals surface area contributed by atoms with Crippen molar-refractivity contribution in [3.8, 4) is 11.3 Å². The molecule has 0 aliphatic carbocycles. The lowest BCUT2D eigenvalue weighted by atomic mass is 10.1. The van der Waals surface area contributed by atoms with E-state index in [1.54, 1.807) is 12.5 Å². The minimum Gasteiger partial charge on any atom is -0.394 e. The molecular formula is C23H27N7O. The highest BCUT2D eigenvalue weighted by molar-refractivity contribution is 5.84. The summed E-state index contributed by atoms with van der Waals surface area (Å²) in [4.78, 5) is 18.2. The maximum absolute atomic E-state index is 9.38. The molecule has 8 heteroatoms. The Hall–Kier alpha value is -3.52. The van der Waals surface area contributed by atoms with E-state index in [2.05, 4.69) is 68.7 Å². The first-order valence-corrected chi connectivity index (χ1v) is 10.4. The number of hydrogen-bond acceptors (Lipinski definition) is 7. The Balaban J connectivity index is 1.58. The summed E-state index contributed by atoms with van der Waals surface area (Å²) in [5.74, 6) is 1.12. The van der Waals surface area contributed by atoms with Gasteiger partial charge in [0.2, 0.25) is 5.95 Å². The van der Waals surface area contributed by atoms with Crippen molar-refractivity contribution in [3.05, 3.63) is 60.6 Å². The van der Waals surface area contributed by atoms with Gasteiger partial charge in [-0.2, -0.15) is 9.97 Å². The van der Waals surface area contributed by atoms with Gasteiger partial charge in [0, 0.05) is 30.4 Å². The predicted molar refractivity (Wildman–Crippen MR) is 123 cm³/mol. The zero-order valence-electron chi connectivity index (χ0n) is 17.9. The van der Waals surface area contributed by atoms with Crippen LogP contribution in [0.3, 0.4) is 0 Å². The summed E-state index contributed by atoms with van der Waals surface area (Å²) in [6.45, 7) is 6.64. The third-order valence-corrected chi connectivity index (χ3v) is 5.00. The lowest BCUT2D eigenvalue weighted by molar-refractivity contribution is 0.281. The highest BCUT2D eigenvalue weighted by atomic mass is 16.3. The number of rotatable bonds is 8. The Morgan fingerprint density at radius 1 is 1.00 bits per heavy atom. The first kappa shape index (κ1) is 20.7. The second kappa shape index (κ2) is 9.09. The van der Waals surface area contributed by atoms with Crippen LogP contribution in [0, 0.1) is 0 Å². The van der Waals surface area contributed by atoms with Gasteiger partial charge in [-0.15, -0.1) is 0 Å². The molecule has 0 bridgehead atoms. The fraction of sp³-hybridized carbons (Fsp3) is 0.304. The van der Waals surface area contributed by atoms with Gasteiger partial charge >= 0.3 is 0 Å². The van der Waals surface area contributed by atoms with Gasteiger partial charge in [0.15, 0.2) is 17.0 Å². The summed E-state index contributed by atoms with van der Waals surface area (Å²) in [6.07, 6.45) is 3.58. The lowest BCUT2D eigenvalue weighted by Crippen LogP contribution is -2.21. The molecule has 1 aromatic carbocycles. The summed E-state index contributed by atoms with van der Waals surface area (Å²) in [6, 6.07) is 14.3. The zero-order chi connectivity index (χ0) is 21.8. The van der Waals surface area contributed by atoms with Crippen LogP contribution in [0.25, 0.3) is 22.4 Å². The molecule has 1 unspecified atom stereocenters. The molecule has 31 heavy (non-hydrogen) atoms. The normalized spacial score (nSPS) is 12.3. The molecule has 3 aromatic heterocycles. The van der Waals surface area contributed by atoms with Crippen molar-refractivity contribution in [2.45, 2.75) is 39.4 Å². The number of pyridine rings is 1. The summed E-state index contributed by atoms with van der Waals surface area (Å²) in [7, 11) is 0. The van der Waals surface area contributed by atoms with Gasteiger partial charge in [0.05, 0.1) is 18.6 Å². The van der Waals surface area contributed by atoms with Crippen molar-refractivity contribution < 1.29 is 5.11 Å². The highest BCUT2D eigenvalue weighted by Gasteiger charge is 2.15. The Morgan fingerprint density at radius 3 is 2.48 bits per heavy atom. The van der Waals surface area contributed by atoms with Crippen LogP contribution in [0.15, 0.2) is 55.0 Å². The van der Waals surface area contributed by atoms with Gasteiger partial charge in [0.1, 0.15) is 0 Å². The van der Waals surface area contributed by atoms with Crippen LogP contribution in [0.2, 0.25) is 0 Å². The molecule has 0 spiro atoms. The van der Waals surface area contributed by atoms with E-state index < -0.39 is 0 Å². The Labute approximate surface area is 181 Å². The van der Waals surface area contributed by atoms with Crippen LogP contribution in [0.1, 0.15) is 32.4 Å². The quantitative estimate of drug-likeness (QED) is 0.400. The Kier molecular flexibility index (Phi) is 6.08. The summed E-state index contributed by atoms with van der Waals surface area (Å²) in [5.41, 5.74) is 4.63. The topological polar surface area (TPSA) is 101 Å². The molecule has 0 aliphatic heterocycles. The van der Waals surface area contributed by atoms with Gasteiger partial charge in [0.25, 0.3) is 0 Å². The number of aliphatic hydroxyl groups excluding tert-OH is 1. The minimum absolute atomic E-state index is 0.00375. The molecule has 0 saturated heterocycles. The lowest BCUT2D eigenvalue weighted by Gasteiger charge is -2.14. The maximum Gasteiger partial charge on any atom is 0.227 e. The van der Waals surface area contributed by atoms with Gasteiger partial charge in [-0.1, -0.05) is 30.3 Å². The fourth-order valence-corrected chi connectivity index (χ4v) is 3.26. The second-order valence-corrected chi connectivity index (χ2v) is 7.81. The predicted octanol–water partition coefficient (Wildman–Crippen LogP) is 3.87. The van der Waals surface area contributed by atoms with E-state index in [-0.39, 0.29) is 18.7 Å². The van der Waals surface area contributed by atoms with E-state index in [1.165, 1.54) is 0 Å². The number of aromatic nitrogens is 5. The number of imidazole rings is 1. The molecule has 4 rings (SSSR count). The fourth-order valence-electron chi connectivity index (χ4n) is 3.26. The molecule has 0 fully saturated rings. The SMILES string of the molecule is CC(CO)Nc1nc(NCc2ccc(-c3ccccn3)cc2)c2ncn(C(C)C)c2n1. The van der Waals surface area contributed by atoms with E-state index in [0.29, 0.717) is 18.3 Å². The van der Waals surface area contributed by atoms with Crippen LogP contribution in [-0.4, -0.2) is 42.3 Å². The van der Waals surface area contributed by atoms with Gasteiger partial charge in [-0.3, -0.25) is 4.98 Å². The molecular weight excluding hydrogens is 390 g/mol. The average molecular weight is 418 g/mol. The molecule has 4 aromatic rings. The monoisotopic (exact) mass is 417 g/mol. The summed E-state index contributed by atoms with van der Waals surface area (Å²) in [5, 5.41) is 15.9. The van der Waals surface area contributed by atoms with Crippen molar-refractivity contribution >= 4 is 22.9 Å². The third kappa shape index (κ3) is 4.64. The Bertz CT molecular complexity index is 1140. The van der Waals surface area contributed by atoms with Crippen LogP contribution in [0.5, 0.6) is 0 Å². The van der Waals surface area contributed by atoms with Crippen LogP contribution in [0.4, 0.5) is 11.8 Å². The molecule has 8 nitrogen and oxygen atoms in total. The van der Waals surface area contributed by atoms with E-state index >= 15 is 0 Å². The zero-order valence-corrected chi connectivity index (χ0v) is 17.9. The average Bonchev–Trinajstić information content (AvgIpc) is 3.23. The van der Waals surface area contributed by atoms with E-state index in [0.717, 1.165) is 28.0 Å². The van der Waals surface area contributed by atoms with Crippen molar-refractivity contribution in [1.82, 2.24) is 24.5 Å². The third-order valence-electron chi connectivity index (χ3n) is 5.00. The minimum atomic E-state index is -0.153. The molecule has 0 amide bonds. The van der Waals surface area contributed by atoms with Gasteiger partial charge < -0.3 is 20.3 Å². The maximum atomic E-state index is 9.38. The van der Waals surface area contributed by atoms with Crippen molar-refractivity contribution in [1.29, 1.82) is 0 Å². The van der Waals surface area contributed by atoms with E-state index in [4.69, 9.17) is 0 Å². The summed E-state index contributed by atoms with van der Waals surface area (Å²) >= 11 is 0. The van der Waals surface area contributed by atoms with Crippen LogP contribution < -0.4 is 10.6 Å². The molecule has 0 aliphatic rings. The molecule has 1 atom stereocenters. The second-order valence-electron chi connectivity index (χ2n) is 7.81. The number of hydrogen-bond donors (Lipinski definition) is 3. The van der Waals surface area contributed by atoms with Crippen LogP contribution >= 0.6 is 0 Å². The molecule has 3 heterocycles. The largest absolute Gasteiger partial charge is 0.394 e. The molecule has 160 valence electrons. The van der Waals surface area contributed by atoms with E-state index in [1.807, 2.05) is 29.7 Å². The number of anilines is 2. The number of fused-ring (bicyclic) bond motifs is 1. The van der Waals surface area contributed by atoms with Crippen molar-refractivity contribution in [3.63, 3.8) is 0 Å². The number of nitrogens with zero attached hydrogens (tertiary/aromatic N) is 5.